The molecule has 0 atom stereocenters. The minimum Gasteiger partial charge on any atom is -0.454 e. The number of hydrogen-bond acceptors (Lipinski definition) is 7. The van der Waals surface area contributed by atoms with Crippen LogP contribution >= 0.6 is 22.9 Å². The van der Waals surface area contributed by atoms with Gasteiger partial charge in [0, 0.05) is 30.1 Å². The van der Waals surface area contributed by atoms with Crippen molar-refractivity contribution >= 4 is 40.4 Å². The number of fused-ring (bicyclic) bond motifs is 1. The average Bonchev–Trinajstić information content (AvgIpc) is 3.39. The first-order chi connectivity index (χ1) is 14.6. The van der Waals surface area contributed by atoms with Gasteiger partial charge in [0.15, 0.2) is 11.5 Å². The Hall–Kier alpha value is -3.17. The van der Waals surface area contributed by atoms with Crippen LogP contribution in [0.4, 0.5) is 5.69 Å². The lowest BCUT2D eigenvalue weighted by Gasteiger charge is -2.05. The Morgan fingerprint density at radius 1 is 1.10 bits per heavy atom. The van der Waals surface area contributed by atoms with Crippen molar-refractivity contribution in [1.82, 2.24) is 15.5 Å². The van der Waals surface area contributed by atoms with E-state index in [0.717, 1.165) is 16.9 Å². The molecule has 0 saturated heterocycles. The van der Waals surface area contributed by atoms with Gasteiger partial charge in [0.05, 0.1) is 0 Å². The van der Waals surface area contributed by atoms with Crippen molar-refractivity contribution in [3.63, 3.8) is 0 Å². The van der Waals surface area contributed by atoms with E-state index < -0.39 is 0 Å². The summed E-state index contributed by atoms with van der Waals surface area (Å²) in [6.45, 7) is 0.602. The molecular formula is C20H17ClN4O4S. The topological polar surface area (TPSA) is 102 Å². The van der Waals surface area contributed by atoms with Crippen LogP contribution < -0.4 is 20.1 Å². The number of anilines is 1. The highest BCUT2D eigenvalue weighted by molar-refractivity contribution is 7.13. The van der Waals surface area contributed by atoms with Gasteiger partial charge >= 0.3 is 0 Å². The molecule has 1 aromatic heterocycles. The summed E-state index contributed by atoms with van der Waals surface area (Å²) in [5.41, 5.74) is 1.50. The van der Waals surface area contributed by atoms with Crippen LogP contribution in [0.5, 0.6) is 11.5 Å². The summed E-state index contributed by atoms with van der Waals surface area (Å²) in [4.78, 5) is 24.4. The summed E-state index contributed by atoms with van der Waals surface area (Å²) in [7, 11) is 0. The smallest absolute Gasteiger partial charge is 0.286 e. The zero-order valence-electron chi connectivity index (χ0n) is 15.7. The van der Waals surface area contributed by atoms with Crippen molar-refractivity contribution in [2.24, 2.45) is 0 Å². The molecule has 4 rings (SSSR count). The van der Waals surface area contributed by atoms with Crippen molar-refractivity contribution in [3.8, 4) is 11.5 Å². The molecule has 2 heterocycles. The minimum absolute atomic E-state index is 0.118. The van der Waals surface area contributed by atoms with Crippen molar-refractivity contribution in [1.29, 1.82) is 0 Å². The molecule has 2 aromatic carbocycles. The number of halogens is 1. The van der Waals surface area contributed by atoms with E-state index in [-0.39, 0.29) is 30.0 Å². The Morgan fingerprint density at radius 3 is 2.83 bits per heavy atom. The number of hydrogen-bond donors (Lipinski definition) is 2. The third kappa shape index (κ3) is 5.05. The van der Waals surface area contributed by atoms with Crippen molar-refractivity contribution in [2.45, 2.75) is 19.4 Å². The lowest BCUT2D eigenvalue weighted by molar-refractivity contribution is -0.121. The van der Waals surface area contributed by atoms with Crippen LogP contribution in [0.15, 0.2) is 42.5 Å². The molecular weight excluding hydrogens is 428 g/mol. The van der Waals surface area contributed by atoms with Gasteiger partial charge in [-0.05, 0) is 35.9 Å². The summed E-state index contributed by atoms with van der Waals surface area (Å²) in [5.74, 6) is 0.900. The van der Waals surface area contributed by atoms with Crippen LogP contribution in [-0.2, 0) is 17.8 Å². The fourth-order valence-electron chi connectivity index (χ4n) is 2.76. The van der Waals surface area contributed by atoms with Crippen LogP contribution in [0.25, 0.3) is 0 Å². The molecule has 1 aliphatic heterocycles. The lowest BCUT2D eigenvalue weighted by atomic mass is 10.2. The number of rotatable bonds is 7. The third-order valence-electron chi connectivity index (χ3n) is 4.24. The predicted molar refractivity (Wildman–Crippen MR) is 112 cm³/mol. The Labute approximate surface area is 181 Å². The number of benzene rings is 2. The summed E-state index contributed by atoms with van der Waals surface area (Å²) in [6.07, 6.45) is 0.643. The van der Waals surface area contributed by atoms with E-state index in [1.807, 2.05) is 18.2 Å². The molecule has 10 heteroatoms. The largest absolute Gasteiger partial charge is 0.454 e. The molecule has 8 nitrogen and oxygen atoms in total. The SMILES string of the molecule is O=C(CCc1nnc(C(=O)Nc2cccc(Cl)c2)s1)NCc1ccc2c(c1)OCO2. The maximum atomic E-state index is 12.3. The molecule has 0 fully saturated rings. The Balaban J connectivity index is 1.24. The predicted octanol–water partition coefficient (Wildman–Crippen LogP) is 3.42. The van der Waals surface area contributed by atoms with Crippen LogP contribution in [0.1, 0.15) is 26.8 Å². The Bertz CT molecular complexity index is 1090. The number of ether oxygens (including phenoxy) is 2. The first kappa shape index (κ1) is 20.1. The molecule has 0 radical (unpaired) electrons. The molecule has 2 amide bonds. The third-order valence-corrected chi connectivity index (χ3v) is 5.45. The maximum Gasteiger partial charge on any atom is 0.286 e. The number of carbonyl (C=O) groups is 2. The van der Waals surface area contributed by atoms with E-state index in [0.29, 0.717) is 40.2 Å². The van der Waals surface area contributed by atoms with E-state index >= 15 is 0 Å². The highest BCUT2D eigenvalue weighted by Gasteiger charge is 2.15. The average molecular weight is 445 g/mol. The Kier molecular flexibility index (Phi) is 6.10. The molecule has 0 unspecified atom stereocenters. The fraction of sp³-hybridized carbons (Fsp3) is 0.200. The molecule has 3 aromatic rings. The van der Waals surface area contributed by atoms with E-state index in [1.165, 1.54) is 0 Å². The Morgan fingerprint density at radius 2 is 1.97 bits per heavy atom. The molecule has 0 saturated carbocycles. The minimum atomic E-state index is -0.367. The zero-order valence-corrected chi connectivity index (χ0v) is 17.3. The lowest BCUT2D eigenvalue weighted by Crippen LogP contribution is -2.22. The zero-order chi connectivity index (χ0) is 20.9. The van der Waals surface area contributed by atoms with Crippen molar-refractivity contribution < 1.29 is 19.1 Å². The maximum absolute atomic E-state index is 12.3. The van der Waals surface area contributed by atoms with Crippen LogP contribution in [-0.4, -0.2) is 28.8 Å². The van der Waals surface area contributed by atoms with E-state index in [9.17, 15) is 9.59 Å². The summed E-state index contributed by atoms with van der Waals surface area (Å²) < 4.78 is 10.6. The molecule has 0 aliphatic carbocycles. The van der Waals surface area contributed by atoms with E-state index in [4.69, 9.17) is 21.1 Å². The number of nitrogens with one attached hydrogen (secondary N) is 2. The highest BCUT2D eigenvalue weighted by Crippen LogP contribution is 2.32. The van der Waals surface area contributed by atoms with E-state index in [2.05, 4.69) is 20.8 Å². The van der Waals surface area contributed by atoms with Gasteiger partial charge in [0.2, 0.25) is 17.7 Å². The number of nitrogens with zero attached hydrogens (tertiary/aromatic N) is 2. The number of amides is 2. The van der Waals surface area contributed by atoms with E-state index in [1.54, 1.807) is 24.3 Å². The van der Waals surface area contributed by atoms with Crippen molar-refractivity contribution in [3.05, 3.63) is 63.1 Å². The molecule has 154 valence electrons. The van der Waals surface area contributed by atoms with Crippen LogP contribution in [0.2, 0.25) is 5.02 Å². The second-order valence-electron chi connectivity index (χ2n) is 6.43. The normalized spacial score (nSPS) is 11.9. The van der Waals surface area contributed by atoms with Crippen molar-refractivity contribution in [2.75, 3.05) is 12.1 Å². The van der Waals surface area contributed by atoms with Crippen LogP contribution in [0.3, 0.4) is 0 Å². The quantitative estimate of drug-likeness (QED) is 0.578. The van der Waals surface area contributed by atoms with Gasteiger partial charge in [0.25, 0.3) is 5.91 Å². The first-order valence-corrected chi connectivity index (χ1v) is 10.3. The van der Waals surface area contributed by atoms with Gasteiger partial charge in [-0.25, -0.2) is 0 Å². The second kappa shape index (κ2) is 9.10. The second-order valence-corrected chi connectivity index (χ2v) is 7.93. The summed E-state index contributed by atoms with van der Waals surface area (Å²) >= 11 is 7.07. The standard InChI is InChI=1S/C20H17ClN4O4S/c21-13-2-1-3-14(9-13)23-19(27)20-25-24-18(30-20)7-6-17(26)22-10-12-4-5-15-16(8-12)29-11-28-15/h1-5,8-9H,6-7,10-11H2,(H,22,26)(H,23,27). The van der Waals surface area contributed by atoms with Gasteiger partial charge in [-0.1, -0.05) is 35.1 Å². The molecule has 30 heavy (non-hydrogen) atoms. The number of aryl methyl sites for hydroxylation is 1. The van der Waals surface area contributed by atoms with Gasteiger partial charge in [0.1, 0.15) is 5.01 Å². The van der Waals surface area contributed by atoms with Crippen LogP contribution in [0, 0.1) is 0 Å². The monoisotopic (exact) mass is 444 g/mol. The summed E-state index contributed by atoms with van der Waals surface area (Å²) in [6, 6.07) is 12.4. The van der Waals surface area contributed by atoms with Gasteiger partial charge in [-0.2, -0.15) is 0 Å². The summed E-state index contributed by atoms with van der Waals surface area (Å²) in [5, 5.41) is 14.8. The highest BCUT2D eigenvalue weighted by atomic mass is 35.5. The number of aromatic nitrogens is 2. The van der Waals surface area contributed by atoms with Gasteiger partial charge in [-0.3, -0.25) is 9.59 Å². The number of carbonyl (C=O) groups excluding carboxylic acids is 2. The molecule has 0 spiro atoms. The molecule has 1 aliphatic rings. The first-order valence-electron chi connectivity index (χ1n) is 9.11. The fourth-order valence-corrected chi connectivity index (χ4v) is 3.68. The molecule has 0 bridgehead atoms. The van der Waals surface area contributed by atoms with Gasteiger partial charge in [-0.15, -0.1) is 10.2 Å². The molecule has 2 N–H and O–H groups in total. The van der Waals surface area contributed by atoms with Gasteiger partial charge < -0.3 is 20.1 Å².